The first-order chi connectivity index (χ1) is 5.74. The highest BCUT2D eigenvalue weighted by Crippen LogP contribution is 2.21. The van der Waals surface area contributed by atoms with Gasteiger partial charge in [0.1, 0.15) is 5.78 Å². The minimum atomic E-state index is -0.162. The van der Waals surface area contributed by atoms with Crippen molar-refractivity contribution in [1.82, 2.24) is 0 Å². The number of carbonyl (C=O) groups is 2. The van der Waals surface area contributed by atoms with Crippen LogP contribution in [0.3, 0.4) is 0 Å². The van der Waals surface area contributed by atoms with Crippen LogP contribution < -0.4 is 0 Å². The van der Waals surface area contributed by atoms with E-state index in [0.29, 0.717) is 19.3 Å². The molecule has 0 N–H and O–H groups in total. The first-order valence-electron chi connectivity index (χ1n) is 4.33. The van der Waals surface area contributed by atoms with Gasteiger partial charge in [-0.1, -0.05) is 0 Å². The van der Waals surface area contributed by atoms with Gasteiger partial charge < -0.3 is 4.74 Å². The summed E-state index contributed by atoms with van der Waals surface area (Å²) in [5.74, 6) is 0.0764. The van der Waals surface area contributed by atoms with Gasteiger partial charge in [0, 0.05) is 12.8 Å². The zero-order valence-corrected chi connectivity index (χ0v) is 7.34. The minimum absolute atomic E-state index is 0.0403. The van der Waals surface area contributed by atoms with Gasteiger partial charge in [0.2, 0.25) is 0 Å². The number of methoxy groups -OCH3 is 1. The number of esters is 1. The third kappa shape index (κ3) is 2.32. The largest absolute Gasteiger partial charge is 0.469 e. The second-order valence-corrected chi connectivity index (χ2v) is 3.19. The molecule has 0 heterocycles. The van der Waals surface area contributed by atoms with E-state index in [2.05, 4.69) is 4.74 Å². The van der Waals surface area contributed by atoms with Gasteiger partial charge in [-0.15, -0.1) is 0 Å². The van der Waals surface area contributed by atoms with Crippen LogP contribution in [0.5, 0.6) is 0 Å². The molecule has 0 saturated heterocycles. The molecule has 0 bridgehead atoms. The van der Waals surface area contributed by atoms with E-state index in [1.165, 1.54) is 7.11 Å². The van der Waals surface area contributed by atoms with Crippen LogP contribution in [-0.4, -0.2) is 18.9 Å². The van der Waals surface area contributed by atoms with Crippen molar-refractivity contribution in [3.63, 3.8) is 0 Å². The van der Waals surface area contributed by atoms with E-state index in [-0.39, 0.29) is 17.7 Å². The zero-order valence-electron chi connectivity index (χ0n) is 7.34. The molecule has 0 aromatic carbocycles. The molecule has 1 aliphatic carbocycles. The summed E-state index contributed by atoms with van der Waals surface area (Å²) in [7, 11) is 1.40. The molecule has 12 heavy (non-hydrogen) atoms. The van der Waals surface area contributed by atoms with Crippen molar-refractivity contribution in [2.45, 2.75) is 32.1 Å². The van der Waals surface area contributed by atoms with Crippen LogP contribution in [0.4, 0.5) is 0 Å². The Kier molecular flexibility index (Phi) is 3.26. The molecule has 3 heteroatoms. The lowest BCUT2D eigenvalue weighted by Gasteiger charge is -2.09. The number of carbonyl (C=O) groups excluding carboxylic acids is 2. The van der Waals surface area contributed by atoms with E-state index < -0.39 is 0 Å². The molecule has 1 aliphatic rings. The fourth-order valence-electron chi connectivity index (χ4n) is 1.55. The maximum Gasteiger partial charge on any atom is 0.308 e. The summed E-state index contributed by atoms with van der Waals surface area (Å²) >= 11 is 0. The molecule has 3 nitrogen and oxygen atoms in total. The highest BCUT2D eigenvalue weighted by atomic mass is 16.5. The first kappa shape index (κ1) is 9.23. The fourth-order valence-corrected chi connectivity index (χ4v) is 1.55. The maximum atomic E-state index is 11.1. The first-order valence-corrected chi connectivity index (χ1v) is 4.33. The molecule has 0 amide bonds. The Morgan fingerprint density at radius 3 is 2.83 bits per heavy atom. The monoisotopic (exact) mass is 170 g/mol. The zero-order chi connectivity index (χ0) is 8.97. The summed E-state index contributed by atoms with van der Waals surface area (Å²) in [6.45, 7) is 0. The van der Waals surface area contributed by atoms with Crippen molar-refractivity contribution in [3.8, 4) is 0 Å². The third-order valence-corrected chi connectivity index (χ3v) is 2.31. The average Bonchev–Trinajstić information content (AvgIpc) is 2.29. The number of ketones is 1. The number of hydrogen-bond donors (Lipinski definition) is 0. The average molecular weight is 170 g/mol. The molecule has 0 spiro atoms. The number of ether oxygens (including phenoxy) is 1. The summed E-state index contributed by atoms with van der Waals surface area (Å²) < 4.78 is 4.63. The van der Waals surface area contributed by atoms with Crippen LogP contribution >= 0.6 is 0 Å². The van der Waals surface area contributed by atoms with Crippen molar-refractivity contribution in [2.24, 2.45) is 5.92 Å². The third-order valence-electron chi connectivity index (χ3n) is 2.31. The SMILES string of the molecule is COC(=O)C1CCCC(=O)CC1. The molecular weight excluding hydrogens is 156 g/mol. The molecular formula is C9H14O3. The standard InChI is InChI=1S/C9H14O3/c1-12-9(11)7-3-2-4-8(10)6-5-7/h7H,2-6H2,1H3. The molecule has 1 atom stereocenters. The molecule has 68 valence electrons. The van der Waals surface area contributed by atoms with Gasteiger partial charge in [0.05, 0.1) is 13.0 Å². The van der Waals surface area contributed by atoms with Crippen LogP contribution in [0.1, 0.15) is 32.1 Å². The van der Waals surface area contributed by atoms with E-state index in [1.807, 2.05) is 0 Å². The predicted molar refractivity (Wildman–Crippen MR) is 43.6 cm³/mol. The van der Waals surface area contributed by atoms with Gasteiger partial charge in [-0.05, 0) is 19.3 Å². The van der Waals surface area contributed by atoms with Crippen molar-refractivity contribution < 1.29 is 14.3 Å². The lowest BCUT2D eigenvalue weighted by Crippen LogP contribution is -2.15. The molecule has 0 aromatic heterocycles. The number of Topliss-reactive ketones (excluding diaryl/α,β-unsaturated/α-hetero) is 1. The van der Waals surface area contributed by atoms with Crippen LogP contribution in [0.15, 0.2) is 0 Å². The summed E-state index contributed by atoms with van der Waals surface area (Å²) in [4.78, 5) is 22.1. The molecule has 1 fully saturated rings. The van der Waals surface area contributed by atoms with Gasteiger partial charge in [-0.3, -0.25) is 9.59 Å². The van der Waals surface area contributed by atoms with Gasteiger partial charge in [-0.2, -0.15) is 0 Å². The Morgan fingerprint density at radius 2 is 2.17 bits per heavy atom. The summed E-state index contributed by atoms with van der Waals surface area (Å²) in [6.07, 6.45) is 3.48. The predicted octanol–water partition coefficient (Wildman–Crippen LogP) is 1.31. The Bertz CT molecular complexity index is 186. The van der Waals surface area contributed by atoms with Crippen LogP contribution in [-0.2, 0) is 14.3 Å². The van der Waals surface area contributed by atoms with Crippen LogP contribution in [0.25, 0.3) is 0 Å². The molecule has 1 rings (SSSR count). The minimum Gasteiger partial charge on any atom is -0.469 e. The summed E-state index contributed by atoms with van der Waals surface area (Å²) in [6, 6.07) is 0. The second kappa shape index (κ2) is 4.24. The van der Waals surface area contributed by atoms with Gasteiger partial charge >= 0.3 is 5.97 Å². The van der Waals surface area contributed by atoms with Crippen LogP contribution in [0, 0.1) is 5.92 Å². The Hall–Kier alpha value is -0.860. The smallest absolute Gasteiger partial charge is 0.308 e. The van der Waals surface area contributed by atoms with Crippen molar-refractivity contribution in [2.75, 3.05) is 7.11 Å². The number of hydrogen-bond acceptors (Lipinski definition) is 3. The quantitative estimate of drug-likeness (QED) is 0.440. The molecule has 0 aliphatic heterocycles. The summed E-state index contributed by atoms with van der Waals surface area (Å²) in [5, 5.41) is 0. The van der Waals surface area contributed by atoms with Crippen molar-refractivity contribution >= 4 is 11.8 Å². The molecule has 1 saturated carbocycles. The molecule has 1 unspecified atom stereocenters. The topological polar surface area (TPSA) is 43.4 Å². The Balaban J connectivity index is 2.45. The fraction of sp³-hybridized carbons (Fsp3) is 0.778. The highest BCUT2D eigenvalue weighted by molar-refractivity contribution is 5.80. The Morgan fingerprint density at radius 1 is 1.42 bits per heavy atom. The van der Waals surface area contributed by atoms with E-state index in [4.69, 9.17) is 0 Å². The maximum absolute atomic E-state index is 11.1. The Labute approximate surface area is 72.1 Å². The van der Waals surface area contributed by atoms with Crippen molar-refractivity contribution in [1.29, 1.82) is 0 Å². The molecule has 0 radical (unpaired) electrons. The van der Waals surface area contributed by atoms with E-state index in [0.717, 1.165) is 12.8 Å². The number of rotatable bonds is 1. The van der Waals surface area contributed by atoms with E-state index in [1.54, 1.807) is 0 Å². The normalized spacial score (nSPS) is 24.8. The van der Waals surface area contributed by atoms with Gasteiger partial charge in [0.25, 0.3) is 0 Å². The van der Waals surface area contributed by atoms with Crippen molar-refractivity contribution in [3.05, 3.63) is 0 Å². The van der Waals surface area contributed by atoms with Gasteiger partial charge in [0.15, 0.2) is 0 Å². The molecule has 0 aromatic rings. The summed E-state index contributed by atoms with van der Waals surface area (Å²) in [5.41, 5.74) is 0. The highest BCUT2D eigenvalue weighted by Gasteiger charge is 2.22. The lowest BCUT2D eigenvalue weighted by atomic mass is 10.0. The van der Waals surface area contributed by atoms with E-state index in [9.17, 15) is 9.59 Å². The van der Waals surface area contributed by atoms with Crippen LogP contribution in [0.2, 0.25) is 0 Å². The second-order valence-electron chi connectivity index (χ2n) is 3.19. The lowest BCUT2D eigenvalue weighted by molar-refractivity contribution is -0.145. The van der Waals surface area contributed by atoms with E-state index >= 15 is 0 Å². The van der Waals surface area contributed by atoms with Gasteiger partial charge in [-0.25, -0.2) is 0 Å².